The number of ether oxygens (including phenoxy) is 2. The quantitative estimate of drug-likeness (QED) is 0.365. The summed E-state index contributed by atoms with van der Waals surface area (Å²) >= 11 is 0. The van der Waals surface area contributed by atoms with Gasteiger partial charge in [0, 0.05) is 6.61 Å². The van der Waals surface area contributed by atoms with Gasteiger partial charge < -0.3 is 19.9 Å². The standard InChI is InChI=1S/C26H39NO4/c28-10-1-8-27-9-2-11-30-24-5-3-20(4-6-24)16-25(29)31-12-7-26-17-21-13-22(18-26)15-23(14-21)19-26/h3-6,21-23,27-28H,1-2,7-19H2. The monoisotopic (exact) mass is 429 g/mol. The molecule has 1 aromatic rings. The second-order valence-electron chi connectivity index (χ2n) is 10.2. The fourth-order valence-corrected chi connectivity index (χ4v) is 6.62. The highest BCUT2D eigenvalue weighted by atomic mass is 16.5. The Kier molecular flexibility index (Phi) is 7.89. The fraction of sp³-hybridized carbons (Fsp3) is 0.731. The molecule has 0 saturated heterocycles. The summed E-state index contributed by atoms with van der Waals surface area (Å²) in [5.74, 6) is 3.56. The van der Waals surface area contributed by atoms with Crippen LogP contribution in [0.25, 0.3) is 0 Å². The van der Waals surface area contributed by atoms with Gasteiger partial charge in [0.15, 0.2) is 0 Å². The molecule has 0 amide bonds. The van der Waals surface area contributed by atoms with Gasteiger partial charge in [-0.25, -0.2) is 0 Å². The van der Waals surface area contributed by atoms with Crippen molar-refractivity contribution in [2.24, 2.45) is 23.2 Å². The van der Waals surface area contributed by atoms with Crippen LogP contribution in [0.3, 0.4) is 0 Å². The molecule has 2 N–H and O–H groups in total. The van der Waals surface area contributed by atoms with Crippen LogP contribution in [0, 0.1) is 23.2 Å². The number of esters is 1. The van der Waals surface area contributed by atoms with Gasteiger partial charge in [0.2, 0.25) is 0 Å². The summed E-state index contributed by atoms with van der Waals surface area (Å²) in [7, 11) is 0. The lowest BCUT2D eigenvalue weighted by Gasteiger charge is -2.57. The topological polar surface area (TPSA) is 67.8 Å². The van der Waals surface area contributed by atoms with E-state index in [4.69, 9.17) is 14.6 Å². The van der Waals surface area contributed by atoms with Gasteiger partial charge in [-0.2, -0.15) is 0 Å². The van der Waals surface area contributed by atoms with Crippen LogP contribution in [0.2, 0.25) is 0 Å². The molecule has 0 aliphatic heterocycles. The predicted octanol–water partition coefficient (Wildman–Crippen LogP) is 4.12. The Hall–Kier alpha value is -1.59. The number of rotatable bonds is 13. The van der Waals surface area contributed by atoms with Crippen molar-refractivity contribution in [2.45, 2.75) is 64.2 Å². The van der Waals surface area contributed by atoms with Gasteiger partial charge in [0.25, 0.3) is 0 Å². The lowest BCUT2D eigenvalue weighted by molar-refractivity contribution is -0.145. The maximum absolute atomic E-state index is 12.3. The summed E-state index contributed by atoms with van der Waals surface area (Å²) in [6, 6.07) is 7.76. The Bertz CT molecular complexity index is 667. The molecule has 4 fully saturated rings. The van der Waals surface area contributed by atoms with E-state index in [9.17, 15) is 4.79 Å². The van der Waals surface area contributed by atoms with Crippen molar-refractivity contribution in [2.75, 3.05) is 32.9 Å². The molecular formula is C26H39NO4. The van der Waals surface area contributed by atoms with Crippen molar-refractivity contribution in [1.29, 1.82) is 0 Å². The molecule has 4 bridgehead atoms. The van der Waals surface area contributed by atoms with Gasteiger partial charge in [0.1, 0.15) is 5.75 Å². The number of aliphatic hydroxyl groups excluding tert-OH is 1. The first-order valence-corrected chi connectivity index (χ1v) is 12.3. The predicted molar refractivity (Wildman–Crippen MR) is 121 cm³/mol. The molecule has 5 heteroatoms. The summed E-state index contributed by atoms with van der Waals surface area (Å²) < 4.78 is 11.4. The number of carbonyl (C=O) groups excluding carboxylic acids is 1. The average Bonchev–Trinajstić information content (AvgIpc) is 2.73. The van der Waals surface area contributed by atoms with E-state index in [0.29, 0.717) is 25.0 Å². The molecule has 0 aromatic heterocycles. The van der Waals surface area contributed by atoms with Crippen molar-refractivity contribution in [3.63, 3.8) is 0 Å². The van der Waals surface area contributed by atoms with Crippen molar-refractivity contribution >= 4 is 5.97 Å². The number of carbonyl (C=O) groups is 1. The van der Waals surface area contributed by atoms with Crippen LogP contribution in [-0.2, 0) is 16.0 Å². The van der Waals surface area contributed by atoms with E-state index in [2.05, 4.69) is 5.32 Å². The van der Waals surface area contributed by atoms with Gasteiger partial charge in [0.05, 0.1) is 19.6 Å². The van der Waals surface area contributed by atoms with Crippen molar-refractivity contribution in [3.8, 4) is 5.75 Å². The minimum absolute atomic E-state index is 0.118. The van der Waals surface area contributed by atoms with Gasteiger partial charge in [-0.3, -0.25) is 4.79 Å². The first-order valence-electron chi connectivity index (χ1n) is 12.3. The zero-order valence-corrected chi connectivity index (χ0v) is 18.8. The lowest BCUT2D eigenvalue weighted by Crippen LogP contribution is -2.46. The normalized spacial score (nSPS) is 28.6. The van der Waals surface area contributed by atoms with Crippen LogP contribution in [0.4, 0.5) is 0 Å². The van der Waals surface area contributed by atoms with Crippen LogP contribution >= 0.6 is 0 Å². The van der Waals surface area contributed by atoms with Crippen LogP contribution in [0.1, 0.15) is 63.4 Å². The Labute approximate surface area is 186 Å². The molecular weight excluding hydrogens is 390 g/mol. The van der Waals surface area contributed by atoms with Gasteiger partial charge in [-0.15, -0.1) is 0 Å². The first-order chi connectivity index (χ1) is 15.1. The van der Waals surface area contributed by atoms with Crippen LogP contribution < -0.4 is 10.1 Å². The smallest absolute Gasteiger partial charge is 0.310 e. The zero-order chi connectivity index (χ0) is 21.5. The van der Waals surface area contributed by atoms with Crippen molar-refractivity contribution < 1.29 is 19.4 Å². The molecule has 4 aliphatic rings. The van der Waals surface area contributed by atoms with E-state index in [1.54, 1.807) is 0 Å². The molecule has 31 heavy (non-hydrogen) atoms. The highest BCUT2D eigenvalue weighted by Gasteiger charge is 2.50. The number of hydrogen-bond acceptors (Lipinski definition) is 5. The Balaban J connectivity index is 1.11. The zero-order valence-electron chi connectivity index (χ0n) is 18.8. The number of nitrogens with one attached hydrogen (secondary N) is 1. The Morgan fingerprint density at radius 3 is 2.26 bits per heavy atom. The summed E-state index contributed by atoms with van der Waals surface area (Å²) in [5, 5.41) is 12.0. The lowest BCUT2D eigenvalue weighted by atomic mass is 9.49. The molecule has 5 rings (SSSR count). The SMILES string of the molecule is O=C(Cc1ccc(OCCCNCCCO)cc1)OCCC12CC3CC(CC(C3)C1)C2. The Morgan fingerprint density at radius 1 is 0.968 bits per heavy atom. The Morgan fingerprint density at radius 2 is 1.61 bits per heavy atom. The van der Waals surface area contributed by atoms with E-state index < -0.39 is 0 Å². The minimum atomic E-state index is -0.118. The largest absolute Gasteiger partial charge is 0.494 e. The summed E-state index contributed by atoms with van der Waals surface area (Å²) in [6.45, 7) is 3.18. The average molecular weight is 430 g/mol. The summed E-state index contributed by atoms with van der Waals surface area (Å²) in [5.41, 5.74) is 1.44. The number of benzene rings is 1. The molecule has 0 unspecified atom stereocenters. The second-order valence-corrected chi connectivity index (χ2v) is 10.2. The molecule has 0 heterocycles. The van der Waals surface area contributed by atoms with Gasteiger partial charge >= 0.3 is 5.97 Å². The summed E-state index contributed by atoms with van der Waals surface area (Å²) in [4.78, 5) is 12.3. The van der Waals surface area contributed by atoms with Crippen molar-refractivity contribution in [1.82, 2.24) is 5.32 Å². The molecule has 0 radical (unpaired) electrons. The van der Waals surface area contributed by atoms with E-state index in [-0.39, 0.29) is 12.6 Å². The molecule has 172 valence electrons. The van der Waals surface area contributed by atoms with Crippen LogP contribution in [-0.4, -0.2) is 44.0 Å². The summed E-state index contributed by atoms with van der Waals surface area (Å²) in [6.07, 6.45) is 11.6. The van der Waals surface area contributed by atoms with Gasteiger partial charge in [-0.1, -0.05) is 12.1 Å². The maximum Gasteiger partial charge on any atom is 0.310 e. The van der Waals surface area contributed by atoms with Crippen LogP contribution in [0.5, 0.6) is 5.75 Å². The molecule has 5 nitrogen and oxygen atoms in total. The second kappa shape index (κ2) is 10.8. The minimum Gasteiger partial charge on any atom is -0.494 e. The third kappa shape index (κ3) is 6.45. The van der Waals surface area contributed by atoms with Crippen molar-refractivity contribution in [3.05, 3.63) is 29.8 Å². The highest BCUT2D eigenvalue weighted by Crippen LogP contribution is 2.61. The fourth-order valence-electron chi connectivity index (χ4n) is 6.62. The van der Waals surface area contributed by atoms with E-state index >= 15 is 0 Å². The third-order valence-corrected chi connectivity index (χ3v) is 7.61. The van der Waals surface area contributed by atoms with E-state index in [1.165, 1.54) is 38.5 Å². The number of aliphatic hydroxyl groups is 1. The molecule has 1 aromatic carbocycles. The molecule has 0 spiro atoms. The van der Waals surface area contributed by atoms with Crippen LogP contribution in [0.15, 0.2) is 24.3 Å². The number of hydrogen-bond donors (Lipinski definition) is 2. The molecule has 4 saturated carbocycles. The van der Waals surface area contributed by atoms with Gasteiger partial charge in [-0.05, 0) is 112 Å². The highest BCUT2D eigenvalue weighted by molar-refractivity contribution is 5.72. The van der Waals surface area contributed by atoms with E-state index in [0.717, 1.165) is 61.4 Å². The van der Waals surface area contributed by atoms with E-state index in [1.807, 2.05) is 24.3 Å². The third-order valence-electron chi connectivity index (χ3n) is 7.61. The first kappa shape index (κ1) is 22.6. The molecule has 4 aliphatic carbocycles. The molecule has 0 atom stereocenters. The maximum atomic E-state index is 12.3.